The van der Waals surface area contributed by atoms with Gasteiger partial charge in [-0.15, -0.1) is 11.8 Å². The van der Waals surface area contributed by atoms with Crippen molar-refractivity contribution in [2.75, 3.05) is 12.9 Å². The zero-order valence-electron chi connectivity index (χ0n) is 15.9. The molecule has 144 valence electrons. The van der Waals surface area contributed by atoms with Crippen molar-refractivity contribution in [3.8, 4) is 17.6 Å². The van der Waals surface area contributed by atoms with E-state index in [0.29, 0.717) is 28.7 Å². The molecule has 0 aliphatic carbocycles. The van der Waals surface area contributed by atoms with E-state index in [2.05, 4.69) is 11.4 Å². The number of thioether (sulfide) groups is 1. The van der Waals surface area contributed by atoms with Gasteiger partial charge in [0.05, 0.1) is 23.8 Å². The molecule has 28 heavy (non-hydrogen) atoms. The van der Waals surface area contributed by atoms with E-state index in [1.807, 2.05) is 55.5 Å². The standard InChI is InChI=1S/C22H22N2O3S/c1-3-28-22-18(13-23)17(12-21(25)24-22)16-9-10-19(26-2)20(11-16)27-14-15-7-5-4-6-8-15/h4-11,17H,3,12,14H2,1-2H3,(H,24,25). The molecule has 2 aromatic carbocycles. The summed E-state index contributed by atoms with van der Waals surface area (Å²) >= 11 is 1.48. The van der Waals surface area contributed by atoms with Gasteiger partial charge < -0.3 is 14.8 Å². The normalized spacial score (nSPS) is 16.3. The third-order valence-corrected chi connectivity index (χ3v) is 5.37. The minimum absolute atomic E-state index is 0.0810. The van der Waals surface area contributed by atoms with Gasteiger partial charge in [-0.1, -0.05) is 43.3 Å². The van der Waals surface area contributed by atoms with E-state index in [0.717, 1.165) is 16.9 Å². The maximum Gasteiger partial charge on any atom is 0.225 e. The number of rotatable bonds is 7. The Balaban J connectivity index is 1.92. The molecule has 1 aliphatic heterocycles. The number of nitrogens with one attached hydrogen (secondary N) is 1. The molecule has 1 N–H and O–H groups in total. The molecular formula is C22H22N2O3S. The predicted octanol–water partition coefficient (Wildman–Crippen LogP) is 4.37. The molecule has 0 saturated carbocycles. The van der Waals surface area contributed by atoms with Gasteiger partial charge in [0.2, 0.25) is 5.91 Å². The summed E-state index contributed by atoms with van der Waals surface area (Å²) in [4.78, 5) is 12.2. The van der Waals surface area contributed by atoms with Crippen molar-refractivity contribution in [2.24, 2.45) is 0 Å². The molecule has 0 aromatic heterocycles. The van der Waals surface area contributed by atoms with Gasteiger partial charge in [-0.2, -0.15) is 5.26 Å². The molecule has 6 heteroatoms. The highest BCUT2D eigenvalue weighted by Gasteiger charge is 2.30. The van der Waals surface area contributed by atoms with Gasteiger partial charge in [0.1, 0.15) is 6.61 Å². The summed E-state index contributed by atoms with van der Waals surface area (Å²) in [7, 11) is 1.59. The number of benzene rings is 2. The largest absolute Gasteiger partial charge is 0.493 e. The Kier molecular flexibility index (Phi) is 6.62. The third-order valence-electron chi connectivity index (χ3n) is 4.47. The maximum absolute atomic E-state index is 12.2. The molecule has 0 bridgehead atoms. The summed E-state index contributed by atoms with van der Waals surface area (Å²) in [5.41, 5.74) is 2.50. The van der Waals surface area contributed by atoms with Crippen LogP contribution in [0.2, 0.25) is 0 Å². The summed E-state index contributed by atoms with van der Waals surface area (Å²) < 4.78 is 11.4. The zero-order chi connectivity index (χ0) is 19.9. The summed E-state index contributed by atoms with van der Waals surface area (Å²) in [5, 5.41) is 13.2. The van der Waals surface area contributed by atoms with Crippen LogP contribution >= 0.6 is 11.8 Å². The van der Waals surface area contributed by atoms with Gasteiger partial charge in [0.25, 0.3) is 0 Å². The summed E-state index contributed by atoms with van der Waals surface area (Å²) in [6.45, 7) is 2.40. The molecule has 0 spiro atoms. The number of carbonyl (C=O) groups excluding carboxylic acids is 1. The van der Waals surface area contributed by atoms with E-state index < -0.39 is 0 Å². The van der Waals surface area contributed by atoms with Crippen molar-refractivity contribution >= 4 is 17.7 Å². The number of ether oxygens (including phenoxy) is 2. The van der Waals surface area contributed by atoms with Crippen molar-refractivity contribution < 1.29 is 14.3 Å². The lowest BCUT2D eigenvalue weighted by Crippen LogP contribution is -2.30. The lowest BCUT2D eigenvalue weighted by molar-refractivity contribution is -0.120. The Labute approximate surface area is 169 Å². The second-order valence-electron chi connectivity index (χ2n) is 6.28. The summed E-state index contributed by atoms with van der Waals surface area (Å²) in [6.07, 6.45) is 0.237. The average molecular weight is 394 g/mol. The molecule has 1 atom stereocenters. The fraction of sp³-hybridized carbons (Fsp3) is 0.273. The highest BCUT2D eigenvalue weighted by atomic mass is 32.2. The monoisotopic (exact) mass is 394 g/mol. The van der Waals surface area contributed by atoms with Gasteiger partial charge in [-0.05, 0) is 29.0 Å². The molecular weight excluding hydrogens is 372 g/mol. The fourth-order valence-electron chi connectivity index (χ4n) is 3.12. The Bertz CT molecular complexity index is 919. The van der Waals surface area contributed by atoms with Crippen molar-refractivity contribution in [1.82, 2.24) is 5.32 Å². The van der Waals surface area contributed by atoms with Gasteiger partial charge in [0, 0.05) is 12.3 Å². The molecule has 1 amide bonds. The lowest BCUT2D eigenvalue weighted by Gasteiger charge is -2.25. The Morgan fingerprint density at radius 2 is 2.00 bits per heavy atom. The fourth-order valence-corrected chi connectivity index (χ4v) is 3.94. The third kappa shape index (κ3) is 4.49. The number of hydrogen-bond donors (Lipinski definition) is 1. The van der Waals surface area contributed by atoms with Crippen LogP contribution in [0.1, 0.15) is 30.4 Å². The van der Waals surface area contributed by atoms with Crippen molar-refractivity contribution in [2.45, 2.75) is 25.9 Å². The number of amides is 1. The van der Waals surface area contributed by atoms with Crippen LogP contribution in [0.15, 0.2) is 59.1 Å². The first-order valence-electron chi connectivity index (χ1n) is 9.07. The van der Waals surface area contributed by atoms with Gasteiger partial charge in [-0.25, -0.2) is 0 Å². The van der Waals surface area contributed by atoms with E-state index in [-0.39, 0.29) is 18.2 Å². The minimum Gasteiger partial charge on any atom is -0.493 e. The van der Waals surface area contributed by atoms with E-state index in [9.17, 15) is 10.1 Å². The van der Waals surface area contributed by atoms with Gasteiger partial charge in [0.15, 0.2) is 11.5 Å². The van der Waals surface area contributed by atoms with Crippen LogP contribution in [0.25, 0.3) is 0 Å². The first kappa shape index (κ1) is 19.8. The first-order valence-corrected chi connectivity index (χ1v) is 10.1. The molecule has 0 saturated heterocycles. The van der Waals surface area contributed by atoms with E-state index >= 15 is 0 Å². The molecule has 5 nitrogen and oxygen atoms in total. The molecule has 0 radical (unpaired) electrons. The van der Waals surface area contributed by atoms with Crippen molar-refractivity contribution in [3.63, 3.8) is 0 Å². The van der Waals surface area contributed by atoms with Crippen molar-refractivity contribution in [1.29, 1.82) is 5.26 Å². The quantitative estimate of drug-likeness (QED) is 0.755. The number of allylic oxidation sites excluding steroid dienone is 1. The first-order chi connectivity index (χ1) is 13.7. The van der Waals surface area contributed by atoms with E-state index in [1.54, 1.807) is 7.11 Å². The van der Waals surface area contributed by atoms with E-state index in [4.69, 9.17) is 9.47 Å². The molecule has 1 unspecified atom stereocenters. The molecule has 3 rings (SSSR count). The Hall–Kier alpha value is -2.91. The van der Waals surface area contributed by atoms with Crippen LogP contribution in [-0.2, 0) is 11.4 Å². The minimum atomic E-state index is -0.294. The number of carbonyl (C=O) groups is 1. The molecule has 1 heterocycles. The lowest BCUT2D eigenvalue weighted by atomic mass is 9.87. The molecule has 1 aliphatic rings. The number of nitriles is 1. The number of hydrogen-bond acceptors (Lipinski definition) is 5. The second kappa shape index (κ2) is 9.34. The van der Waals surface area contributed by atoms with Crippen LogP contribution in [0, 0.1) is 11.3 Å². The van der Waals surface area contributed by atoms with Crippen LogP contribution in [0.3, 0.4) is 0 Å². The highest BCUT2D eigenvalue weighted by Crippen LogP contribution is 2.39. The Morgan fingerprint density at radius 1 is 1.21 bits per heavy atom. The second-order valence-corrected chi connectivity index (χ2v) is 7.55. The number of nitrogens with zero attached hydrogens (tertiary/aromatic N) is 1. The van der Waals surface area contributed by atoms with Crippen LogP contribution in [0.5, 0.6) is 11.5 Å². The maximum atomic E-state index is 12.2. The highest BCUT2D eigenvalue weighted by molar-refractivity contribution is 8.03. The number of methoxy groups -OCH3 is 1. The summed E-state index contributed by atoms with van der Waals surface area (Å²) in [6, 6.07) is 17.7. The smallest absolute Gasteiger partial charge is 0.225 e. The van der Waals surface area contributed by atoms with Crippen LogP contribution in [0.4, 0.5) is 0 Å². The van der Waals surface area contributed by atoms with Crippen LogP contribution in [-0.4, -0.2) is 18.8 Å². The zero-order valence-corrected chi connectivity index (χ0v) is 16.7. The van der Waals surface area contributed by atoms with Crippen molar-refractivity contribution in [3.05, 3.63) is 70.3 Å². The van der Waals surface area contributed by atoms with E-state index in [1.165, 1.54) is 11.8 Å². The van der Waals surface area contributed by atoms with Crippen LogP contribution < -0.4 is 14.8 Å². The summed E-state index contributed by atoms with van der Waals surface area (Å²) in [5.74, 6) is 1.62. The topological polar surface area (TPSA) is 71.3 Å². The Morgan fingerprint density at radius 3 is 2.68 bits per heavy atom. The van der Waals surface area contributed by atoms with Gasteiger partial charge >= 0.3 is 0 Å². The molecule has 2 aromatic rings. The SMILES string of the molecule is CCSC1=C(C#N)C(c2ccc(OC)c(OCc3ccccc3)c2)CC(=O)N1. The average Bonchev–Trinajstić information content (AvgIpc) is 2.72. The molecule has 0 fully saturated rings. The van der Waals surface area contributed by atoms with Gasteiger partial charge in [-0.3, -0.25) is 4.79 Å². The predicted molar refractivity (Wildman–Crippen MR) is 110 cm³/mol.